The van der Waals surface area contributed by atoms with Crippen LogP contribution >= 0.6 is 47.4 Å². The van der Waals surface area contributed by atoms with Crippen molar-refractivity contribution in [3.8, 4) is 5.75 Å². The highest BCUT2D eigenvalue weighted by Crippen LogP contribution is 2.36. The van der Waals surface area contributed by atoms with E-state index < -0.39 is 47.4 Å². The first-order valence-corrected chi connectivity index (χ1v) is 20.4. The van der Waals surface area contributed by atoms with Crippen LogP contribution in [0.25, 0.3) is 0 Å². The molecule has 1 unspecified atom stereocenters. The van der Waals surface area contributed by atoms with Gasteiger partial charge in [-0.3, -0.25) is 53.5 Å². The van der Waals surface area contributed by atoms with Crippen molar-refractivity contribution in [1.29, 1.82) is 0 Å². The summed E-state index contributed by atoms with van der Waals surface area (Å²) in [4.78, 5) is 85.1. The Hall–Kier alpha value is -0.550. The topological polar surface area (TPSA) is 357 Å². The number of hydrogen-bond donors (Lipinski definition) is 11. The van der Waals surface area contributed by atoms with Gasteiger partial charge in [-0.15, -0.1) is 21.0 Å². The van der Waals surface area contributed by atoms with Gasteiger partial charge in [0, 0.05) is 0 Å². The molecular weight excluding hydrogens is 887 g/mol. The number of ether oxygens (including phenoxy) is 1. The van der Waals surface area contributed by atoms with Crippen molar-refractivity contribution in [2.75, 3.05) is 7.11 Å². The van der Waals surface area contributed by atoms with Crippen LogP contribution in [-0.2, 0) is 27.4 Å². The average Bonchev–Trinajstić information content (AvgIpc) is 2.68. The van der Waals surface area contributed by atoms with Crippen molar-refractivity contribution in [2.24, 2.45) is 0 Å². The molecule has 0 aliphatic heterocycles. The summed E-state index contributed by atoms with van der Waals surface area (Å²) in [5.74, 6) is 0.927. The van der Waals surface area contributed by atoms with Crippen LogP contribution < -0.4 is 30.8 Å². The SMILES string of the molecule is COc1ccc([I+]c2ccccc2)cc1.O=P(O)(O)F.O=P(O)(O)F.O=P(O)(O)F.O=P(O)(O)F.O=P(O)(O)F.O=P([O-])(O)F. The smallest absolute Gasteiger partial charge is 0.507 e. The van der Waals surface area contributed by atoms with E-state index in [0.717, 1.165) is 5.75 Å². The number of benzene rings is 2. The summed E-state index contributed by atoms with van der Waals surface area (Å²) in [6.07, 6.45) is 0. The monoisotopic (exact) mass is 910 g/mol. The van der Waals surface area contributed by atoms with Crippen molar-refractivity contribution in [1.82, 2.24) is 0 Å². The van der Waals surface area contributed by atoms with Gasteiger partial charge in [-0.25, -0.2) is 22.8 Å². The van der Waals surface area contributed by atoms with Gasteiger partial charge in [-0.05, 0) is 36.4 Å². The van der Waals surface area contributed by atoms with Gasteiger partial charge in [0.2, 0.25) is 0 Å². The molecule has 2 rings (SSSR count). The van der Waals surface area contributed by atoms with Crippen LogP contribution in [-0.4, -0.2) is 60.9 Å². The molecule has 0 aliphatic carbocycles. The molecule has 0 aliphatic rings. The minimum atomic E-state index is -5.39. The van der Waals surface area contributed by atoms with Crippen LogP contribution in [0.2, 0.25) is 0 Å². The van der Waals surface area contributed by atoms with Crippen LogP contribution in [0.15, 0.2) is 54.6 Å². The Balaban J connectivity index is -0.000000151. The summed E-state index contributed by atoms with van der Waals surface area (Å²) < 4.78 is 122. The fraction of sp³-hybridized carbons (Fsp3) is 0.0769. The minimum absolute atomic E-state index is 0.0449. The summed E-state index contributed by atoms with van der Waals surface area (Å²) in [6, 6.07) is 19.0. The van der Waals surface area contributed by atoms with Gasteiger partial charge in [-0.2, -0.15) is 4.20 Å². The van der Waals surface area contributed by atoms with Gasteiger partial charge in [0.05, 0.1) is 7.11 Å². The summed E-state index contributed by atoms with van der Waals surface area (Å²) in [5.41, 5.74) is 0. The number of methoxy groups -OCH3 is 1. The largest absolute Gasteiger partial charge is 0.753 e. The highest BCUT2D eigenvalue weighted by atomic mass is 127. The van der Waals surface area contributed by atoms with Gasteiger partial charge in [0.25, 0.3) is 0 Å². The van der Waals surface area contributed by atoms with E-state index in [-0.39, 0.29) is 21.2 Å². The Kier molecular flexibility index (Phi) is 30.5. The first kappa shape index (κ1) is 53.9. The van der Waals surface area contributed by atoms with E-state index in [0.29, 0.717) is 0 Å². The molecule has 0 heterocycles. The Morgan fingerprint density at radius 1 is 0.511 bits per heavy atom. The molecule has 0 radical (unpaired) electrons. The van der Waals surface area contributed by atoms with Crippen LogP contribution in [0.5, 0.6) is 5.75 Å². The second-order valence-electron chi connectivity index (χ2n) is 5.86. The van der Waals surface area contributed by atoms with E-state index in [1.165, 1.54) is 7.14 Å². The van der Waals surface area contributed by atoms with E-state index in [1.807, 2.05) is 12.1 Å². The van der Waals surface area contributed by atoms with Crippen LogP contribution in [0.3, 0.4) is 0 Å². The van der Waals surface area contributed by atoms with E-state index in [9.17, 15) is 25.2 Å². The molecular formula is C13H23F6IO19P6. The molecule has 19 nitrogen and oxygen atoms in total. The van der Waals surface area contributed by atoms with Gasteiger partial charge in [0.1, 0.15) is 5.75 Å². The first-order valence-electron chi connectivity index (χ1n) is 9.21. The predicted molar refractivity (Wildman–Crippen MR) is 134 cm³/mol. The zero-order valence-electron chi connectivity index (χ0n) is 21.2. The highest BCUT2D eigenvalue weighted by Gasteiger charge is 2.14. The summed E-state index contributed by atoms with van der Waals surface area (Å²) in [5, 5.41) is 0. The lowest BCUT2D eigenvalue weighted by molar-refractivity contribution is -0.597. The molecule has 0 saturated heterocycles. The van der Waals surface area contributed by atoms with E-state index in [1.54, 1.807) is 7.11 Å². The third-order valence-electron chi connectivity index (χ3n) is 2.00. The molecule has 0 saturated carbocycles. The minimum Gasteiger partial charge on any atom is -0.753 e. The molecule has 0 amide bonds. The van der Waals surface area contributed by atoms with Crippen LogP contribution in [0.1, 0.15) is 0 Å². The second kappa shape index (κ2) is 25.5. The van der Waals surface area contributed by atoms with E-state index >= 15 is 0 Å². The molecule has 2 aromatic rings. The molecule has 0 spiro atoms. The molecule has 45 heavy (non-hydrogen) atoms. The number of halogens is 7. The lowest BCUT2D eigenvalue weighted by Crippen LogP contribution is -3.61. The normalized spacial score (nSPS) is 12.2. The van der Waals surface area contributed by atoms with Gasteiger partial charge < -0.3 is 14.5 Å². The van der Waals surface area contributed by atoms with Gasteiger partial charge >= 0.3 is 68.6 Å². The van der Waals surface area contributed by atoms with Crippen molar-refractivity contribution < 1.29 is 137 Å². The fourth-order valence-electron chi connectivity index (χ4n) is 1.24. The lowest BCUT2D eigenvalue weighted by Gasteiger charge is -1.97. The molecule has 0 bridgehead atoms. The molecule has 268 valence electrons. The highest BCUT2D eigenvalue weighted by molar-refractivity contribution is 7.46. The van der Waals surface area contributed by atoms with Crippen molar-refractivity contribution >= 4 is 47.4 Å². The van der Waals surface area contributed by atoms with Gasteiger partial charge in [0.15, 0.2) is 7.14 Å². The molecule has 0 aromatic heterocycles. The van der Waals surface area contributed by atoms with Crippen molar-refractivity contribution in [2.45, 2.75) is 0 Å². The number of rotatable bonds is 3. The molecule has 1 atom stereocenters. The Bertz CT molecular complexity index is 1120. The maximum atomic E-state index is 10.4. The zero-order valence-corrected chi connectivity index (χ0v) is 28.7. The summed E-state index contributed by atoms with van der Waals surface area (Å²) in [6.45, 7) is 0. The Morgan fingerprint density at radius 3 is 0.911 bits per heavy atom. The molecule has 2 aromatic carbocycles. The first-order chi connectivity index (χ1) is 19.4. The summed E-state index contributed by atoms with van der Waals surface area (Å²) in [7, 11) is -29.4. The van der Waals surface area contributed by atoms with Crippen molar-refractivity contribution in [3.05, 3.63) is 61.7 Å². The summed E-state index contributed by atoms with van der Waals surface area (Å²) >= 11 is -0.0449. The zero-order chi connectivity index (χ0) is 37.5. The van der Waals surface area contributed by atoms with E-state index in [2.05, 4.69) is 42.5 Å². The van der Waals surface area contributed by atoms with Crippen molar-refractivity contribution in [3.63, 3.8) is 0 Å². The standard InChI is InChI=1S/C13H12IO.6FH2O3P/c1-15-13-9-7-12(8-10-13)14-11-5-3-2-4-6-11;6*1-5(2,3)4/h2-10H,1H3;6*(H2,2,3,4)/q+1;;;;;;/p-1. The lowest BCUT2D eigenvalue weighted by atomic mass is 10.3. The quantitative estimate of drug-likeness (QED) is 0.105. The number of hydrogen-bond acceptors (Lipinski definition) is 8. The second-order valence-corrected chi connectivity index (χ2v) is 14.5. The van der Waals surface area contributed by atoms with Crippen LogP contribution in [0, 0.1) is 7.14 Å². The van der Waals surface area contributed by atoms with Crippen LogP contribution in [0.4, 0.5) is 25.2 Å². The predicted octanol–water partition coefficient (Wildman–Crippen LogP) is -0.517. The fourth-order valence-corrected chi connectivity index (χ4v) is 3.45. The third kappa shape index (κ3) is 136. The maximum absolute atomic E-state index is 10.4. The van der Waals surface area contributed by atoms with E-state index in [4.69, 9.17) is 90.8 Å². The molecule has 32 heteroatoms. The molecule has 0 fully saturated rings. The Morgan fingerprint density at radius 2 is 0.711 bits per heavy atom. The Labute approximate surface area is 258 Å². The average molecular weight is 910 g/mol. The maximum Gasteiger partial charge on any atom is 0.507 e. The van der Waals surface area contributed by atoms with Gasteiger partial charge in [-0.1, -0.05) is 18.2 Å². The molecule has 11 N–H and O–H groups in total. The third-order valence-corrected chi connectivity index (χ3v) is 4.68.